The predicted molar refractivity (Wildman–Crippen MR) is 254 cm³/mol. The van der Waals surface area contributed by atoms with Crippen molar-refractivity contribution in [2.75, 3.05) is 35.1 Å². The third-order valence-electron chi connectivity index (χ3n) is 6.33. The maximum Gasteiger partial charge on any atom is 0.155 e. The highest BCUT2D eigenvalue weighted by Gasteiger charge is 2.16. The smallest absolute Gasteiger partial charge is 0.155 e. The Morgan fingerprint density at radius 2 is 1.04 bits per heavy atom. The summed E-state index contributed by atoms with van der Waals surface area (Å²) in [4.78, 5) is 21.8. The molecule has 53 heavy (non-hydrogen) atoms. The Kier molecular flexibility index (Phi) is 82.6. The number of Topliss-reactive ketones (excluding diaryl/α,β-unsaturated/α-hetero) is 1. The van der Waals surface area contributed by atoms with Crippen LogP contribution in [-0.4, -0.2) is 56.9 Å². The minimum absolute atomic E-state index is 0. The quantitative estimate of drug-likeness (QED) is 0.0748. The van der Waals surface area contributed by atoms with Gasteiger partial charge in [0.2, 0.25) is 0 Å². The highest BCUT2D eigenvalue weighted by atomic mass is 31.0. The number of carbonyl (C=O) groups is 2. The molecule has 0 bridgehead atoms. The van der Waals surface area contributed by atoms with Gasteiger partial charge in [0.25, 0.3) is 0 Å². The molecule has 2 N–H and O–H groups in total. The van der Waals surface area contributed by atoms with Crippen LogP contribution in [0.2, 0.25) is 0 Å². The number of carbonyl (C=O) groups excluding carboxylic acids is 2. The maximum absolute atomic E-state index is 10.9. The lowest BCUT2D eigenvalue weighted by molar-refractivity contribution is -0.115. The molecular formula is C47H105O5P. The lowest BCUT2D eigenvalue weighted by Crippen LogP contribution is -2.11. The first-order valence-electron chi connectivity index (χ1n) is 19.8. The molecule has 0 spiro atoms. The van der Waals surface area contributed by atoms with E-state index >= 15 is 0 Å². The van der Waals surface area contributed by atoms with Crippen LogP contribution in [0, 0.1) is 21.7 Å². The Balaban J connectivity index is -0.0000000463. The number of unbranched alkanes of at least 4 members (excludes halogenated alkanes) is 3. The minimum atomic E-state index is 0. The van der Waals surface area contributed by atoms with Crippen molar-refractivity contribution in [3.8, 4) is 0 Å². The van der Waals surface area contributed by atoms with E-state index in [1.807, 2.05) is 32.7 Å². The van der Waals surface area contributed by atoms with Gasteiger partial charge in [0.15, 0.2) is 11.6 Å². The van der Waals surface area contributed by atoms with Crippen LogP contribution in [0.25, 0.3) is 0 Å². The lowest BCUT2D eigenvalue weighted by Gasteiger charge is -2.22. The number of methoxy groups -OCH3 is 1. The van der Waals surface area contributed by atoms with Gasteiger partial charge >= 0.3 is 0 Å². The molecule has 0 aliphatic heterocycles. The topological polar surface area (TPSA) is 83.8 Å². The van der Waals surface area contributed by atoms with E-state index in [1.54, 1.807) is 21.1 Å². The van der Waals surface area contributed by atoms with Crippen LogP contribution < -0.4 is 0 Å². The van der Waals surface area contributed by atoms with Gasteiger partial charge in [-0.1, -0.05) is 175 Å². The molecule has 0 amide bonds. The summed E-state index contributed by atoms with van der Waals surface area (Å²) in [6.07, 6.45) is 17.4. The molecule has 0 fully saturated rings. The van der Waals surface area contributed by atoms with Gasteiger partial charge < -0.3 is 14.9 Å². The molecule has 0 aromatic carbocycles. The van der Waals surface area contributed by atoms with Gasteiger partial charge in [-0.25, -0.2) is 0 Å². The molecule has 1 unspecified atom stereocenters. The summed E-state index contributed by atoms with van der Waals surface area (Å²) in [5, 5.41) is 14.0. The van der Waals surface area contributed by atoms with Crippen LogP contribution in [-0.2, 0) is 14.3 Å². The number of rotatable bonds is 15. The molecule has 5 nitrogen and oxygen atoms in total. The zero-order valence-corrected chi connectivity index (χ0v) is 41.7. The van der Waals surface area contributed by atoms with Crippen molar-refractivity contribution in [1.82, 2.24) is 0 Å². The molecule has 0 aromatic rings. The molecule has 0 saturated carbocycles. The summed E-state index contributed by atoms with van der Waals surface area (Å²) in [7, 11) is 7.67. The highest BCUT2D eigenvalue weighted by molar-refractivity contribution is 7.15. The minimum Gasteiger partial charge on any atom is -0.400 e. The first kappa shape index (κ1) is 76.4. The maximum atomic E-state index is 10.9. The van der Waals surface area contributed by atoms with Gasteiger partial charge in [-0.3, -0.25) is 9.59 Å². The average molecular weight is 781 g/mol. The Labute approximate surface area is 341 Å². The van der Waals surface area contributed by atoms with Gasteiger partial charge in [0, 0.05) is 36.3 Å². The third kappa shape index (κ3) is 128. The van der Waals surface area contributed by atoms with Gasteiger partial charge in [-0.15, -0.1) is 22.4 Å². The largest absolute Gasteiger partial charge is 0.400 e. The van der Waals surface area contributed by atoms with E-state index in [0.29, 0.717) is 22.7 Å². The predicted octanol–water partition coefficient (Wildman–Crippen LogP) is 15.0. The fourth-order valence-electron chi connectivity index (χ4n) is 2.69. The van der Waals surface area contributed by atoms with Crippen LogP contribution in [0.15, 0.2) is 50.1 Å². The van der Waals surface area contributed by atoms with Crippen molar-refractivity contribution in [2.24, 2.45) is 21.7 Å². The van der Waals surface area contributed by atoms with Crippen molar-refractivity contribution in [3.63, 3.8) is 0 Å². The Morgan fingerprint density at radius 3 is 1.25 bits per heavy atom. The number of ketones is 2. The van der Waals surface area contributed by atoms with Gasteiger partial charge in [-0.05, 0) is 72.3 Å². The van der Waals surface area contributed by atoms with Crippen molar-refractivity contribution in [2.45, 2.75) is 188 Å². The summed E-state index contributed by atoms with van der Waals surface area (Å²) in [5.41, 5.74) is 2.22. The normalized spacial score (nSPS) is 9.45. The zero-order valence-electron chi connectivity index (χ0n) is 40.5. The Hall–Kier alpha value is -1.39. The Bertz CT molecular complexity index is 738. The van der Waals surface area contributed by atoms with Crippen molar-refractivity contribution in [3.05, 3.63) is 50.1 Å². The first-order chi connectivity index (χ1) is 24.3. The van der Waals surface area contributed by atoms with E-state index in [1.165, 1.54) is 38.2 Å². The summed E-state index contributed by atoms with van der Waals surface area (Å²) in [6, 6.07) is 0. The summed E-state index contributed by atoms with van der Waals surface area (Å²) in [6.45, 7) is 52.7. The summed E-state index contributed by atoms with van der Waals surface area (Å²) in [5.74, 6) is 0.281. The van der Waals surface area contributed by atoms with Crippen LogP contribution in [0.5, 0.6) is 0 Å². The molecule has 0 aliphatic rings. The van der Waals surface area contributed by atoms with Gasteiger partial charge in [-0.2, -0.15) is 0 Å². The molecule has 328 valence electrons. The van der Waals surface area contributed by atoms with Gasteiger partial charge in [0.05, 0.1) is 0 Å². The number of ether oxygens (including phenoxy) is 1. The van der Waals surface area contributed by atoms with E-state index in [2.05, 4.69) is 137 Å². The molecule has 0 radical (unpaired) electrons. The highest BCUT2D eigenvalue weighted by Crippen LogP contribution is 2.28. The van der Waals surface area contributed by atoms with E-state index in [0.717, 1.165) is 51.9 Å². The molecule has 6 heteroatoms. The summed E-state index contributed by atoms with van der Waals surface area (Å²) >= 11 is 0. The van der Waals surface area contributed by atoms with Crippen LogP contribution in [0.4, 0.5) is 0 Å². The monoisotopic (exact) mass is 781 g/mol. The second-order valence-corrected chi connectivity index (χ2v) is 16.0. The molecular weight excluding hydrogens is 675 g/mol. The zero-order chi connectivity index (χ0) is 45.3. The standard InChI is InChI=1S/C12H20O.C12H22O.C6H12.2C5H12.C2H6O.C2H6.2CH4O.CH5P.H2/c1-6-8-12(4,5)9-7-10(2)11(3)13;1-5-11(13)9-7-8-10-12(3,4)6-2;1-5-6(2,3)4;1-5(2,3)4;1-3-5-4-2;1-3-2;4*1-2;/h6H,1-2,7-9H2,3-5H3;5H,1,6-10H2,2-4H3;5H,1H2,2-4H3;1-4H3;3-5H2,1-2H3;1-2H3;1-2H3;2*2H,1H3;2H2,1H3;1H. The van der Waals surface area contributed by atoms with E-state index in [-0.39, 0.29) is 18.4 Å². The fourth-order valence-corrected chi connectivity index (χ4v) is 2.69. The number of allylic oxidation sites excluding steroid dienone is 4. The average Bonchev–Trinajstić information content (AvgIpc) is 3.09. The van der Waals surface area contributed by atoms with Crippen LogP contribution >= 0.6 is 9.24 Å². The van der Waals surface area contributed by atoms with Crippen molar-refractivity contribution >= 4 is 20.8 Å². The van der Waals surface area contributed by atoms with E-state index in [9.17, 15) is 9.59 Å². The van der Waals surface area contributed by atoms with Gasteiger partial charge in [0.1, 0.15) is 0 Å². The lowest BCUT2D eigenvalue weighted by atomic mass is 9.83. The number of aliphatic hydroxyl groups is 2. The first-order valence-corrected chi connectivity index (χ1v) is 20.9. The summed E-state index contributed by atoms with van der Waals surface area (Å²) < 4.78 is 4.25. The SMILES string of the molecule is C=CC(=O)CCCCC(C)(C)CC.C=CC(C)(C)C.C=CCC(C)(C)CCC(=C)C(C)=O.CC.CC(C)(C)C.CCCCC.CO.CO.COC.CP.[HH]. The van der Waals surface area contributed by atoms with Crippen molar-refractivity contribution in [1.29, 1.82) is 0 Å². The molecule has 0 rings (SSSR count). The molecule has 0 aromatic heterocycles. The van der Waals surface area contributed by atoms with E-state index in [4.69, 9.17) is 10.2 Å². The fraction of sp³-hybridized carbons (Fsp3) is 0.787. The van der Waals surface area contributed by atoms with Crippen LogP contribution in [0.3, 0.4) is 0 Å². The second kappa shape index (κ2) is 57.3. The van der Waals surface area contributed by atoms with Crippen LogP contribution in [0.1, 0.15) is 190 Å². The third-order valence-corrected chi connectivity index (χ3v) is 6.33. The number of aliphatic hydroxyl groups excluding tert-OH is 2. The second-order valence-electron chi connectivity index (χ2n) is 16.0. The van der Waals surface area contributed by atoms with Crippen molar-refractivity contribution < 1.29 is 26.0 Å². The molecule has 0 aliphatic carbocycles. The number of hydrogen-bond donors (Lipinski definition) is 2. The molecule has 0 saturated heterocycles. The Morgan fingerprint density at radius 1 is 0.698 bits per heavy atom. The molecule has 1 atom stereocenters. The van der Waals surface area contributed by atoms with E-state index < -0.39 is 0 Å². The molecule has 0 heterocycles. The number of hydrogen-bond acceptors (Lipinski definition) is 5.